The van der Waals surface area contributed by atoms with Crippen molar-refractivity contribution in [3.8, 4) is 11.5 Å². The van der Waals surface area contributed by atoms with Crippen molar-refractivity contribution < 1.29 is 9.47 Å². The van der Waals surface area contributed by atoms with Crippen LogP contribution in [0.4, 0.5) is 0 Å². The molecule has 4 rings (SSSR count). The molecule has 0 atom stereocenters. The number of aryl methyl sites for hydroxylation is 1. The topological polar surface area (TPSA) is 72.2 Å². The van der Waals surface area contributed by atoms with E-state index in [1.807, 2.05) is 24.4 Å². The quantitative estimate of drug-likeness (QED) is 0.415. The molecule has 0 radical (unpaired) electrons. The first kappa shape index (κ1) is 22.0. The molecule has 0 amide bonds. The molecule has 0 unspecified atom stereocenters. The zero-order chi connectivity index (χ0) is 22.3. The summed E-state index contributed by atoms with van der Waals surface area (Å²) in [5.41, 5.74) is 4.31. The summed E-state index contributed by atoms with van der Waals surface area (Å²) in [6, 6.07) is 10.2. The van der Waals surface area contributed by atoms with E-state index in [-0.39, 0.29) is 6.10 Å². The van der Waals surface area contributed by atoms with Crippen molar-refractivity contribution in [2.24, 2.45) is 4.99 Å². The number of ether oxygens (including phenoxy) is 2. The van der Waals surface area contributed by atoms with Gasteiger partial charge in [0.05, 0.1) is 18.9 Å². The van der Waals surface area contributed by atoms with E-state index in [1.54, 1.807) is 14.2 Å². The van der Waals surface area contributed by atoms with E-state index in [2.05, 4.69) is 45.3 Å². The number of guanidine groups is 1. The fraction of sp³-hybridized carbons (Fsp3) is 0.440. The molecule has 0 aliphatic heterocycles. The van der Waals surface area contributed by atoms with Gasteiger partial charge in [-0.3, -0.25) is 4.99 Å². The van der Waals surface area contributed by atoms with Crippen LogP contribution in [0.2, 0.25) is 0 Å². The molecular formula is C25H33N5O2. The summed E-state index contributed by atoms with van der Waals surface area (Å²) in [4.78, 5) is 9.10. The minimum Gasteiger partial charge on any atom is -0.493 e. The molecule has 0 spiro atoms. The molecule has 32 heavy (non-hydrogen) atoms. The first-order valence-electron chi connectivity index (χ1n) is 11.4. The number of hydrogen-bond acceptors (Lipinski definition) is 4. The Morgan fingerprint density at radius 3 is 2.78 bits per heavy atom. The fourth-order valence-corrected chi connectivity index (χ4v) is 4.20. The second kappa shape index (κ2) is 10.4. The maximum absolute atomic E-state index is 6.34. The highest BCUT2D eigenvalue weighted by Gasteiger charge is 2.20. The maximum Gasteiger partial charge on any atom is 0.191 e. The molecule has 7 heteroatoms. The van der Waals surface area contributed by atoms with Gasteiger partial charge in [0.1, 0.15) is 5.65 Å². The molecule has 2 aromatic heterocycles. The van der Waals surface area contributed by atoms with Crippen molar-refractivity contribution in [3.63, 3.8) is 0 Å². The third-order valence-corrected chi connectivity index (χ3v) is 5.94. The van der Waals surface area contributed by atoms with E-state index in [0.717, 1.165) is 60.2 Å². The van der Waals surface area contributed by atoms with Crippen molar-refractivity contribution in [1.29, 1.82) is 0 Å². The van der Waals surface area contributed by atoms with Crippen LogP contribution in [0.25, 0.3) is 5.65 Å². The van der Waals surface area contributed by atoms with E-state index in [1.165, 1.54) is 18.4 Å². The molecule has 0 saturated heterocycles. The highest BCUT2D eigenvalue weighted by Crippen LogP contribution is 2.34. The van der Waals surface area contributed by atoms with Gasteiger partial charge in [0, 0.05) is 44.5 Å². The van der Waals surface area contributed by atoms with Gasteiger partial charge >= 0.3 is 0 Å². The summed E-state index contributed by atoms with van der Waals surface area (Å²) >= 11 is 0. The summed E-state index contributed by atoms with van der Waals surface area (Å²) in [7, 11) is 3.47. The van der Waals surface area contributed by atoms with Crippen LogP contribution in [0.1, 0.15) is 42.5 Å². The van der Waals surface area contributed by atoms with Crippen molar-refractivity contribution in [2.75, 3.05) is 20.7 Å². The van der Waals surface area contributed by atoms with E-state index in [0.29, 0.717) is 6.54 Å². The first-order valence-corrected chi connectivity index (χ1v) is 11.4. The van der Waals surface area contributed by atoms with Crippen LogP contribution < -0.4 is 20.1 Å². The number of hydrogen-bond donors (Lipinski definition) is 2. The summed E-state index contributed by atoms with van der Waals surface area (Å²) in [5.74, 6) is 2.37. The first-order chi connectivity index (χ1) is 15.7. The van der Waals surface area contributed by atoms with E-state index in [4.69, 9.17) is 14.5 Å². The Bertz CT molecular complexity index is 1070. The van der Waals surface area contributed by atoms with Crippen LogP contribution in [0.15, 0.2) is 47.7 Å². The number of rotatable bonds is 8. The van der Waals surface area contributed by atoms with Gasteiger partial charge in [-0.15, -0.1) is 0 Å². The predicted octanol–water partition coefficient (Wildman–Crippen LogP) is 3.88. The van der Waals surface area contributed by atoms with Gasteiger partial charge in [0.2, 0.25) is 0 Å². The fourth-order valence-electron chi connectivity index (χ4n) is 4.20. The zero-order valence-electron chi connectivity index (χ0n) is 19.2. The third kappa shape index (κ3) is 5.15. The molecule has 2 N–H and O–H groups in total. The highest BCUT2D eigenvalue weighted by molar-refractivity contribution is 5.79. The van der Waals surface area contributed by atoms with Gasteiger partial charge in [-0.05, 0) is 50.3 Å². The number of imidazole rings is 1. The predicted molar refractivity (Wildman–Crippen MR) is 128 cm³/mol. The van der Waals surface area contributed by atoms with Gasteiger partial charge < -0.3 is 24.5 Å². The van der Waals surface area contributed by atoms with Crippen molar-refractivity contribution in [1.82, 2.24) is 20.0 Å². The molecule has 1 saturated carbocycles. The molecule has 1 aromatic carbocycles. The monoisotopic (exact) mass is 435 g/mol. The smallest absolute Gasteiger partial charge is 0.191 e. The van der Waals surface area contributed by atoms with Crippen LogP contribution in [-0.4, -0.2) is 42.2 Å². The van der Waals surface area contributed by atoms with Gasteiger partial charge in [-0.1, -0.05) is 18.2 Å². The van der Waals surface area contributed by atoms with E-state index < -0.39 is 0 Å². The molecule has 2 heterocycles. The van der Waals surface area contributed by atoms with Crippen LogP contribution >= 0.6 is 0 Å². The molecule has 3 aromatic rings. The molecule has 7 nitrogen and oxygen atoms in total. The second-order valence-corrected chi connectivity index (χ2v) is 8.23. The lowest BCUT2D eigenvalue weighted by Gasteiger charge is -2.20. The average Bonchev–Trinajstić information content (AvgIpc) is 3.47. The normalized spacial score (nSPS) is 14.7. The Morgan fingerprint density at radius 2 is 2.03 bits per heavy atom. The number of aromatic nitrogens is 2. The summed E-state index contributed by atoms with van der Waals surface area (Å²) < 4.78 is 14.0. The Hall–Kier alpha value is -3.22. The van der Waals surface area contributed by atoms with Crippen molar-refractivity contribution in [3.05, 3.63) is 59.5 Å². The number of pyridine rings is 1. The minimum absolute atomic E-state index is 0.275. The molecular weight excluding hydrogens is 402 g/mol. The molecule has 170 valence electrons. The lowest BCUT2D eigenvalue weighted by atomic mass is 10.1. The average molecular weight is 436 g/mol. The van der Waals surface area contributed by atoms with Gasteiger partial charge in [-0.2, -0.15) is 0 Å². The lowest BCUT2D eigenvalue weighted by Crippen LogP contribution is -2.38. The number of benzene rings is 1. The summed E-state index contributed by atoms with van der Waals surface area (Å²) in [6.45, 7) is 3.43. The Morgan fingerprint density at radius 1 is 1.19 bits per heavy atom. The van der Waals surface area contributed by atoms with Crippen LogP contribution in [0, 0.1) is 6.92 Å². The molecule has 1 fully saturated rings. The zero-order valence-corrected chi connectivity index (χ0v) is 19.2. The van der Waals surface area contributed by atoms with Crippen molar-refractivity contribution in [2.45, 2.75) is 51.7 Å². The number of nitrogens with zero attached hydrogens (tertiary/aromatic N) is 3. The molecule has 0 bridgehead atoms. The second-order valence-electron chi connectivity index (χ2n) is 8.23. The third-order valence-electron chi connectivity index (χ3n) is 5.94. The van der Waals surface area contributed by atoms with Crippen LogP contribution in [0.3, 0.4) is 0 Å². The standard InChI is InChI=1S/C25H33N5O2/c1-18-8-7-15-30-17-20(29-24(18)30)13-14-27-25(26-2)28-16-19-9-6-12-22(31-3)23(19)32-21-10-4-5-11-21/h6-9,12,15,17,21H,4-5,10-11,13-14,16H2,1-3H3,(H2,26,27,28). The Kier molecular flexibility index (Phi) is 7.14. The van der Waals surface area contributed by atoms with Crippen molar-refractivity contribution >= 4 is 11.6 Å². The van der Waals surface area contributed by atoms with E-state index in [9.17, 15) is 0 Å². The lowest BCUT2D eigenvalue weighted by molar-refractivity contribution is 0.198. The largest absolute Gasteiger partial charge is 0.493 e. The number of para-hydroxylation sites is 1. The molecule has 1 aliphatic rings. The van der Waals surface area contributed by atoms with Crippen LogP contribution in [-0.2, 0) is 13.0 Å². The Balaban J connectivity index is 1.34. The highest BCUT2D eigenvalue weighted by atomic mass is 16.5. The van der Waals surface area contributed by atoms with Gasteiger partial charge in [0.25, 0.3) is 0 Å². The Labute approximate surface area is 189 Å². The minimum atomic E-state index is 0.275. The maximum atomic E-state index is 6.34. The van der Waals surface area contributed by atoms with E-state index >= 15 is 0 Å². The summed E-state index contributed by atoms with van der Waals surface area (Å²) in [5, 5.41) is 6.79. The number of aliphatic imine (C=N–C) groups is 1. The van der Waals surface area contributed by atoms with Gasteiger partial charge in [0.15, 0.2) is 17.5 Å². The number of fused-ring (bicyclic) bond motifs is 1. The number of nitrogens with one attached hydrogen (secondary N) is 2. The summed E-state index contributed by atoms with van der Waals surface area (Å²) in [6.07, 6.45) is 9.89. The number of methoxy groups -OCH3 is 1. The van der Waals surface area contributed by atoms with Crippen LogP contribution in [0.5, 0.6) is 11.5 Å². The van der Waals surface area contributed by atoms with Gasteiger partial charge in [-0.25, -0.2) is 4.98 Å². The SMILES string of the molecule is CN=C(NCCc1cn2cccc(C)c2n1)NCc1cccc(OC)c1OC1CCCC1. The molecule has 1 aliphatic carbocycles.